The van der Waals surface area contributed by atoms with E-state index in [0.717, 1.165) is 28.2 Å². The van der Waals surface area contributed by atoms with E-state index in [0.29, 0.717) is 12.1 Å². The molecule has 0 saturated carbocycles. The number of rotatable bonds is 5. The molecule has 5 heteroatoms. The second-order valence-corrected chi connectivity index (χ2v) is 6.79. The summed E-state index contributed by atoms with van der Waals surface area (Å²) in [5.74, 6) is -0.223. The van der Waals surface area contributed by atoms with E-state index in [9.17, 15) is 4.79 Å². The Bertz CT molecular complexity index is 967. The summed E-state index contributed by atoms with van der Waals surface area (Å²) in [5.41, 5.74) is 9.37. The summed E-state index contributed by atoms with van der Waals surface area (Å²) >= 11 is 0. The lowest BCUT2D eigenvalue weighted by Crippen LogP contribution is -2.19. The molecule has 138 valence electrons. The van der Waals surface area contributed by atoms with Crippen LogP contribution in [-0.2, 0) is 6.54 Å². The molecule has 27 heavy (non-hydrogen) atoms. The third-order valence-corrected chi connectivity index (χ3v) is 4.45. The Labute approximate surface area is 159 Å². The summed E-state index contributed by atoms with van der Waals surface area (Å²) in [4.78, 5) is 12.3. The molecule has 0 fully saturated rings. The number of amides is 1. The second-order valence-electron chi connectivity index (χ2n) is 6.79. The molecule has 1 aromatic heterocycles. The van der Waals surface area contributed by atoms with Gasteiger partial charge in [-0.2, -0.15) is 10.2 Å². The molecule has 1 heterocycles. The minimum absolute atomic E-state index is 0.223. The molecular weight excluding hydrogens is 336 g/mol. The average molecular weight is 360 g/mol. The molecule has 0 unspecified atom stereocenters. The van der Waals surface area contributed by atoms with E-state index in [1.807, 2.05) is 80.9 Å². The van der Waals surface area contributed by atoms with Gasteiger partial charge in [0.05, 0.1) is 18.0 Å². The third-order valence-electron chi connectivity index (χ3n) is 4.45. The fourth-order valence-corrected chi connectivity index (χ4v) is 2.83. The van der Waals surface area contributed by atoms with Gasteiger partial charge in [0, 0.05) is 11.3 Å². The van der Waals surface area contributed by atoms with Gasteiger partial charge in [-0.25, -0.2) is 5.43 Å². The predicted octanol–water partition coefficient (Wildman–Crippen LogP) is 4.01. The van der Waals surface area contributed by atoms with E-state index < -0.39 is 0 Å². The summed E-state index contributed by atoms with van der Waals surface area (Å²) in [5, 5.41) is 8.67. The number of hydrogen-bond acceptors (Lipinski definition) is 3. The number of carbonyl (C=O) groups is 1. The van der Waals surface area contributed by atoms with E-state index in [2.05, 4.69) is 21.7 Å². The highest BCUT2D eigenvalue weighted by Crippen LogP contribution is 2.10. The zero-order valence-electron chi connectivity index (χ0n) is 16.2. The van der Waals surface area contributed by atoms with Gasteiger partial charge in [-0.15, -0.1) is 0 Å². The van der Waals surface area contributed by atoms with Crippen molar-refractivity contribution in [3.63, 3.8) is 0 Å². The van der Waals surface area contributed by atoms with Crippen molar-refractivity contribution in [2.45, 2.75) is 34.2 Å². The number of benzene rings is 2. The molecule has 0 saturated heterocycles. The minimum Gasteiger partial charge on any atom is -0.267 e. The number of carbonyl (C=O) groups excluding carboxylic acids is 1. The van der Waals surface area contributed by atoms with Crippen LogP contribution in [-0.4, -0.2) is 21.4 Å². The summed E-state index contributed by atoms with van der Waals surface area (Å²) in [6.07, 6.45) is 0. The molecule has 0 atom stereocenters. The van der Waals surface area contributed by atoms with Crippen molar-refractivity contribution in [1.82, 2.24) is 15.2 Å². The highest BCUT2D eigenvalue weighted by atomic mass is 16.2. The van der Waals surface area contributed by atoms with Crippen LogP contribution in [0.25, 0.3) is 0 Å². The van der Waals surface area contributed by atoms with Gasteiger partial charge < -0.3 is 0 Å². The van der Waals surface area contributed by atoms with Crippen molar-refractivity contribution in [2.24, 2.45) is 5.10 Å². The van der Waals surface area contributed by atoms with Gasteiger partial charge in [0.15, 0.2) is 0 Å². The molecular formula is C22H24N4O. The average Bonchev–Trinajstić information content (AvgIpc) is 2.97. The van der Waals surface area contributed by atoms with Crippen LogP contribution in [0, 0.1) is 20.8 Å². The zero-order valence-corrected chi connectivity index (χ0v) is 16.2. The number of aromatic nitrogens is 2. The van der Waals surface area contributed by atoms with Gasteiger partial charge in [-0.1, -0.05) is 42.0 Å². The first-order valence-electron chi connectivity index (χ1n) is 8.94. The predicted molar refractivity (Wildman–Crippen MR) is 108 cm³/mol. The zero-order chi connectivity index (χ0) is 19.4. The molecule has 0 aliphatic carbocycles. The Morgan fingerprint density at radius 3 is 2.22 bits per heavy atom. The lowest BCUT2D eigenvalue weighted by atomic mass is 10.1. The Balaban J connectivity index is 1.64. The van der Waals surface area contributed by atoms with E-state index in [1.54, 1.807) is 0 Å². The maximum Gasteiger partial charge on any atom is 0.271 e. The van der Waals surface area contributed by atoms with Crippen molar-refractivity contribution in [1.29, 1.82) is 0 Å². The largest absolute Gasteiger partial charge is 0.271 e. The summed E-state index contributed by atoms with van der Waals surface area (Å²) in [7, 11) is 0. The fraction of sp³-hybridized carbons (Fsp3) is 0.227. The van der Waals surface area contributed by atoms with E-state index in [-0.39, 0.29) is 5.91 Å². The summed E-state index contributed by atoms with van der Waals surface area (Å²) in [6, 6.07) is 17.6. The highest BCUT2D eigenvalue weighted by molar-refractivity contribution is 6.00. The maximum absolute atomic E-state index is 12.3. The SMILES string of the molecule is C/C(=N/NC(=O)c1ccc(Cn2nc(C)cc2C)cc1)c1ccc(C)cc1. The van der Waals surface area contributed by atoms with Crippen LogP contribution in [0.4, 0.5) is 0 Å². The molecule has 1 N–H and O–H groups in total. The van der Waals surface area contributed by atoms with Gasteiger partial charge in [0.25, 0.3) is 5.91 Å². The molecule has 2 aromatic carbocycles. The van der Waals surface area contributed by atoms with Gasteiger partial charge in [-0.05, 0) is 57.0 Å². The van der Waals surface area contributed by atoms with Gasteiger partial charge in [-0.3, -0.25) is 9.48 Å². The maximum atomic E-state index is 12.3. The first kappa shape index (κ1) is 18.6. The van der Waals surface area contributed by atoms with Crippen molar-refractivity contribution in [2.75, 3.05) is 0 Å². The first-order valence-corrected chi connectivity index (χ1v) is 8.94. The fourth-order valence-electron chi connectivity index (χ4n) is 2.83. The quantitative estimate of drug-likeness (QED) is 0.552. The molecule has 5 nitrogen and oxygen atoms in total. The van der Waals surface area contributed by atoms with Crippen LogP contribution in [0.2, 0.25) is 0 Å². The molecule has 0 bridgehead atoms. The Kier molecular flexibility index (Phi) is 5.50. The molecule has 3 rings (SSSR count). The van der Waals surface area contributed by atoms with E-state index in [1.165, 1.54) is 5.56 Å². The smallest absolute Gasteiger partial charge is 0.267 e. The lowest BCUT2D eigenvalue weighted by Gasteiger charge is -2.06. The van der Waals surface area contributed by atoms with Crippen LogP contribution in [0.3, 0.4) is 0 Å². The monoisotopic (exact) mass is 360 g/mol. The van der Waals surface area contributed by atoms with Crippen molar-refractivity contribution >= 4 is 11.6 Å². The molecule has 3 aromatic rings. The van der Waals surface area contributed by atoms with Crippen LogP contribution < -0.4 is 5.43 Å². The second kappa shape index (κ2) is 7.99. The van der Waals surface area contributed by atoms with Crippen LogP contribution in [0.5, 0.6) is 0 Å². The molecule has 0 aliphatic heterocycles. The lowest BCUT2D eigenvalue weighted by molar-refractivity contribution is 0.0955. The first-order chi connectivity index (χ1) is 12.9. The number of nitrogens with zero attached hydrogens (tertiary/aromatic N) is 3. The van der Waals surface area contributed by atoms with Crippen LogP contribution in [0.15, 0.2) is 59.7 Å². The molecule has 0 radical (unpaired) electrons. The summed E-state index contributed by atoms with van der Waals surface area (Å²) < 4.78 is 1.96. The molecule has 1 amide bonds. The van der Waals surface area contributed by atoms with E-state index in [4.69, 9.17) is 0 Å². The molecule has 0 spiro atoms. The minimum atomic E-state index is -0.223. The van der Waals surface area contributed by atoms with E-state index >= 15 is 0 Å². The highest BCUT2D eigenvalue weighted by Gasteiger charge is 2.07. The van der Waals surface area contributed by atoms with Crippen molar-refractivity contribution in [3.8, 4) is 0 Å². The number of nitrogens with one attached hydrogen (secondary N) is 1. The Hall–Kier alpha value is -3.21. The Morgan fingerprint density at radius 2 is 1.63 bits per heavy atom. The standard InChI is InChI=1S/C22H24N4O/c1-15-5-9-20(10-6-15)18(4)23-24-22(27)21-11-7-19(8-12-21)14-26-17(3)13-16(2)25-26/h5-13H,14H2,1-4H3,(H,24,27)/b23-18-. The van der Waals surface area contributed by atoms with Crippen LogP contribution in [0.1, 0.15) is 45.4 Å². The van der Waals surface area contributed by atoms with Crippen LogP contribution >= 0.6 is 0 Å². The van der Waals surface area contributed by atoms with Gasteiger partial charge >= 0.3 is 0 Å². The number of hydrogen-bond donors (Lipinski definition) is 1. The molecule has 0 aliphatic rings. The van der Waals surface area contributed by atoms with Crippen molar-refractivity contribution < 1.29 is 4.79 Å². The van der Waals surface area contributed by atoms with Crippen molar-refractivity contribution in [3.05, 3.63) is 88.2 Å². The summed E-state index contributed by atoms with van der Waals surface area (Å²) in [6.45, 7) is 8.62. The third kappa shape index (κ3) is 4.70. The number of hydrazone groups is 1. The Morgan fingerprint density at radius 1 is 1.00 bits per heavy atom. The topological polar surface area (TPSA) is 59.3 Å². The number of aryl methyl sites for hydroxylation is 3. The van der Waals surface area contributed by atoms with Gasteiger partial charge in [0.1, 0.15) is 0 Å². The van der Waals surface area contributed by atoms with Gasteiger partial charge in [0.2, 0.25) is 0 Å². The normalized spacial score (nSPS) is 11.5.